The number of benzene rings is 1. The lowest BCUT2D eigenvalue weighted by Gasteiger charge is -2.18. The molecule has 4 N–H and O–H groups in total. The Labute approximate surface area is 254 Å². The lowest BCUT2D eigenvalue weighted by molar-refractivity contribution is -0.121. The molecule has 0 aliphatic rings. The molecule has 2 aromatic rings. The number of carbonyl (C=O) groups is 2. The summed E-state index contributed by atoms with van der Waals surface area (Å²) >= 11 is 2.57. The Morgan fingerprint density at radius 2 is 1.61 bits per heavy atom. The number of phenolic OH excluding ortho intramolecular Hbond substituents is 2. The van der Waals surface area contributed by atoms with Crippen LogP contribution in [0.2, 0.25) is 0 Å². The van der Waals surface area contributed by atoms with Gasteiger partial charge in [-0.2, -0.15) is 0 Å². The predicted molar refractivity (Wildman–Crippen MR) is 168 cm³/mol. The van der Waals surface area contributed by atoms with Crippen molar-refractivity contribution in [2.75, 3.05) is 25.6 Å². The molecule has 1 heterocycles. The molecular formula is C31H49N3O5S2. The van der Waals surface area contributed by atoms with Crippen molar-refractivity contribution in [2.24, 2.45) is 5.92 Å². The average Bonchev–Trinajstić information content (AvgIpc) is 3.38. The Balaban J connectivity index is 1.96. The average molecular weight is 608 g/mol. The highest BCUT2D eigenvalue weighted by Gasteiger charge is 2.21. The Kier molecular flexibility index (Phi) is 17.5. The number of methoxy groups -OCH3 is 1. The number of anilines is 1. The number of phenols is 2. The molecule has 10 heteroatoms. The number of rotatable bonds is 22. The Hall–Kier alpha value is -2.30. The van der Waals surface area contributed by atoms with Gasteiger partial charge in [-0.25, -0.2) is 4.98 Å². The maximum absolute atomic E-state index is 13.2. The van der Waals surface area contributed by atoms with E-state index in [2.05, 4.69) is 29.5 Å². The highest BCUT2D eigenvalue weighted by atomic mass is 32.2. The molecule has 0 aliphatic heterocycles. The molecule has 0 spiro atoms. The number of aromatic hydroxyl groups is 2. The van der Waals surface area contributed by atoms with Gasteiger partial charge in [0.15, 0.2) is 4.34 Å². The van der Waals surface area contributed by atoms with Crippen LogP contribution < -0.4 is 10.6 Å². The predicted octanol–water partition coefficient (Wildman–Crippen LogP) is 7.68. The number of hydrogen-bond donors (Lipinski definition) is 4. The van der Waals surface area contributed by atoms with E-state index in [0.29, 0.717) is 28.1 Å². The molecule has 230 valence electrons. The van der Waals surface area contributed by atoms with Crippen LogP contribution in [0.5, 0.6) is 11.5 Å². The molecule has 0 saturated carbocycles. The van der Waals surface area contributed by atoms with Crippen molar-refractivity contribution >= 4 is 40.6 Å². The molecule has 1 aromatic heterocycles. The summed E-state index contributed by atoms with van der Waals surface area (Å²) in [5, 5.41) is 28.9. The molecule has 0 bridgehead atoms. The van der Waals surface area contributed by atoms with Gasteiger partial charge >= 0.3 is 0 Å². The molecule has 0 aliphatic carbocycles. The third-order valence-corrected chi connectivity index (χ3v) is 8.97. The number of nitrogens with one attached hydrogen (secondary N) is 2. The van der Waals surface area contributed by atoms with E-state index in [9.17, 15) is 19.8 Å². The van der Waals surface area contributed by atoms with Gasteiger partial charge in [0.25, 0.3) is 0 Å². The summed E-state index contributed by atoms with van der Waals surface area (Å²) in [6.07, 6.45) is 14.1. The molecule has 1 aromatic carbocycles. The minimum Gasteiger partial charge on any atom is -0.507 e. The largest absolute Gasteiger partial charge is 0.507 e. The van der Waals surface area contributed by atoms with E-state index in [1.807, 2.05) is 5.38 Å². The van der Waals surface area contributed by atoms with Crippen molar-refractivity contribution in [3.63, 3.8) is 0 Å². The first-order valence-corrected chi connectivity index (χ1v) is 16.8. The minimum atomic E-state index is -0.112. The van der Waals surface area contributed by atoms with Gasteiger partial charge in [0.2, 0.25) is 11.8 Å². The van der Waals surface area contributed by atoms with Gasteiger partial charge in [-0.1, -0.05) is 89.8 Å². The standard InChI is InChI=1S/C31H49N3O5S2/c1-4-6-8-10-11-13-16-23(15-12-9-7-5-2)30(38)34-25-20-27(36)28(21-26(25)35)41-31-33-24(22-40-31)19-29(37)32-17-14-18-39-3/h20-23,35-36H,4-19H2,1-3H3,(H,32,37)(H,34,38). The molecule has 1 atom stereocenters. The van der Waals surface area contributed by atoms with Crippen molar-refractivity contribution in [3.8, 4) is 11.5 Å². The van der Waals surface area contributed by atoms with Gasteiger partial charge < -0.3 is 25.6 Å². The topological polar surface area (TPSA) is 121 Å². The van der Waals surface area contributed by atoms with Crippen LogP contribution in [-0.2, 0) is 20.7 Å². The normalized spacial score (nSPS) is 11.9. The van der Waals surface area contributed by atoms with Gasteiger partial charge in [0.1, 0.15) is 11.5 Å². The quantitative estimate of drug-likeness (QED) is 0.0615. The molecule has 0 radical (unpaired) electrons. The zero-order valence-corrected chi connectivity index (χ0v) is 26.6. The molecule has 2 amide bonds. The van der Waals surface area contributed by atoms with Crippen LogP contribution in [0.15, 0.2) is 26.7 Å². The van der Waals surface area contributed by atoms with Crippen molar-refractivity contribution < 1.29 is 24.5 Å². The van der Waals surface area contributed by atoms with E-state index in [4.69, 9.17) is 4.74 Å². The van der Waals surface area contributed by atoms with Gasteiger partial charge in [0, 0.05) is 37.6 Å². The SMILES string of the molecule is CCCCCCCCC(CCCCCC)C(=O)Nc1cc(O)c(Sc2nc(CC(=O)NCCCOC)cs2)cc1O. The van der Waals surface area contributed by atoms with Crippen molar-refractivity contribution in [1.82, 2.24) is 10.3 Å². The monoisotopic (exact) mass is 607 g/mol. The molecular weight excluding hydrogens is 558 g/mol. The number of aromatic nitrogens is 1. The Bertz CT molecular complexity index is 1050. The van der Waals surface area contributed by atoms with Crippen LogP contribution in [0.4, 0.5) is 5.69 Å². The molecule has 0 saturated heterocycles. The molecule has 1 unspecified atom stereocenters. The smallest absolute Gasteiger partial charge is 0.227 e. The fourth-order valence-electron chi connectivity index (χ4n) is 4.55. The number of ether oxygens (including phenoxy) is 1. The Morgan fingerprint density at radius 3 is 2.29 bits per heavy atom. The number of thiazole rings is 1. The Morgan fingerprint density at radius 1 is 0.951 bits per heavy atom. The van der Waals surface area contributed by atoms with Crippen LogP contribution in [0, 0.1) is 5.92 Å². The van der Waals surface area contributed by atoms with Crippen molar-refractivity contribution in [1.29, 1.82) is 0 Å². The van der Waals surface area contributed by atoms with Gasteiger partial charge in [-0.3, -0.25) is 9.59 Å². The first-order chi connectivity index (χ1) is 19.9. The number of unbranched alkanes of at least 4 members (excludes halogenated alkanes) is 8. The summed E-state index contributed by atoms with van der Waals surface area (Å²) in [5.41, 5.74) is 0.855. The summed E-state index contributed by atoms with van der Waals surface area (Å²) in [5.74, 6) is -0.472. The summed E-state index contributed by atoms with van der Waals surface area (Å²) in [6.45, 7) is 5.53. The van der Waals surface area contributed by atoms with E-state index in [1.165, 1.54) is 67.3 Å². The minimum absolute atomic E-state index is 0.0499. The zero-order valence-electron chi connectivity index (χ0n) is 25.0. The first-order valence-electron chi connectivity index (χ1n) is 15.1. The van der Waals surface area contributed by atoms with Gasteiger partial charge in [-0.05, 0) is 25.3 Å². The van der Waals surface area contributed by atoms with Gasteiger partial charge in [0.05, 0.1) is 22.7 Å². The highest BCUT2D eigenvalue weighted by molar-refractivity contribution is 8.01. The number of nitrogens with zero attached hydrogens (tertiary/aromatic N) is 1. The second-order valence-electron chi connectivity index (χ2n) is 10.5. The van der Waals surface area contributed by atoms with E-state index < -0.39 is 0 Å². The second kappa shape index (κ2) is 20.6. The van der Waals surface area contributed by atoms with E-state index in [1.54, 1.807) is 7.11 Å². The molecule has 8 nitrogen and oxygen atoms in total. The number of carbonyl (C=O) groups excluding carboxylic acids is 2. The molecule has 0 fully saturated rings. The first kappa shape index (κ1) is 34.9. The van der Waals surface area contributed by atoms with Crippen molar-refractivity contribution in [3.05, 3.63) is 23.2 Å². The highest BCUT2D eigenvalue weighted by Crippen LogP contribution is 2.41. The van der Waals surface area contributed by atoms with Gasteiger partial charge in [-0.15, -0.1) is 11.3 Å². The van der Waals surface area contributed by atoms with Crippen LogP contribution in [0.3, 0.4) is 0 Å². The lowest BCUT2D eigenvalue weighted by atomic mass is 9.93. The third kappa shape index (κ3) is 13.9. The molecule has 41 heavy (non-hydrogen) atoms. The number of amides is 2. The van der Waals surface area contributed by atoms with E-state index in [0.717, 1.165) is 51.4 Å². The third-order valence-electron chi connectivity index (χ3n) is 6.94. The van der Waals surface area contributed by atoms with Crippen LogP contribution in [0.1, 0.15) is 103 Å². The second-order valence-corrected chi connectivity index (χ2v) is 12.7. The maximum Gasteiger partial charge on any atom is 0.227 e. The summed E-state index contributed by atoms with van der Waals surface area (Å²) in [6, 6.07) is 2.85. The summed E-state index contributed by atoms with van der Waals surface area (Å²) in [4.78, 5) is 30.2. The summed E-state index contributed by atoms with van der Waals surface area (Å²) < 4.78 is 5.63. The fourth-order valence-corrected chi connectivity index (χ4v) is 6.39. The van der Waals surface area contributed by atoms with E-state index in [-0.39, 0.29) is 41.3 Å². The molecule has 2 rings (SSSR count). The lowest BCUT2D eigenvalue weighted by Crippen LogP contribution is -2.26. The zero-order chi connectivity index (χ0) is 29.9. The van der Waals surface area contributed by atoms with E-state index >= 15 is 0 Å². The fraction of sp³-hybridized carbons (Fsp3) is 0.645. The summed E-state index contributed by atoms with van der Waals surface area (Å²) in [7, 11) is 1.63. The number of hydrogen-bond acceptors (Lipinski definition) is 8. The van der Waals surface area contributed by atoms with Crippen LogP contribution in [0.25, 0.3) is 0 Å². The maximum atomic E-state index is 13.2. The van der Waals surface area contributed by atoms with Crippen molar-refractivity contribution in [2.45, 2.75) is 113 Å². The van der Waals surface area contributed by atoms with Crippen LogP contribution in [-0.4, -0.2) is 47.3 Å². The van der Waals surface area contributed by atoms with Crippen LogP contribution >= 0.6 is 23.1 Å².